The highest BCUT2D eigenvalue weighted by Crippen LogP contribution is 2.30. The number of hydrazone groups is 1. The van der Waals surface area contributed by atoms with Crippen molar-refractivity contribution in [2.75, 3.05) is 6.61 Å². The molecule has 1 heterocycles. The molecule has 1 amide bonds. The summed E-state index contributed by atoms with van der Waals surface area (Å²) in [6.07, 6.45) is 3.50. The van der Waals surface area contributed by atoms with Crippen LogP contribution in [-0.2, 0) is 4.79 Å². The number of ether oxygens (including phenoxy) is 1. The predicted molar refractivity (Wildman–Crippen MR) is 103 cm³/mol. The standard InChI is InChI=1S/C19H18BrN3O2/c1-12-8-13(2)19(16(20)9-12)25-11-18(24)23-22-10-14-4-3-5-17-15(14)6-7-21-17/h3-10,21H,11H2,1-2H3,(H,23,24). The molecule has 128 valence electrons. The van der Waals surface area contributed by atoms with Gasteiger partial charge in [0.15, 0.2) is 6.61 Å². The molecule has 25 heavy (non-hydrogen) atoms. The maximum absolute atomic E-state index is 11.9. The second kappa shape index (κ2) is 7.53. The minimum absolute atomic E-state index is 0.103. The number of fused-ring (bicyclic) bond motifs is 1. The largest absolute Gasteiger partial charge is 0.482 e. The van der Waals surface area contributed by atoms with Gasteiger partial charge in [-0.25, -0.2) is 5.43 Å². The number of nitrogens with one attached hydrogen (secondary N) is 2. The van der Waals surface area contributed by atoms with Gasteiger partial charge in [0.25, 0.3) is 5.91 Å². The summed E-state index contributed by atoms with van der Waals surface area (Å²) in [5, 5.41) is 5.06. The van der Waals surface area contributed by atoms with Gasteiger partial charge >= 0.3 is 0 Å². The first-order chi connectivity index (χ1) is 12.0. The van der Waals surface area contributed by atoms with Crippen LogP contribution in [0.4, 0.5) is 0 Å². The van der Waals surface area contributed by atoms with E-state index in [4.69, 9.17) is 4.74 Å². The highest BCUT2D eigenvalue weighted by atomic mass is 79.9. The van der Waals surface area contributed by atoms with Gasteiger partial charge in [0.05, 0.1) is 10.7 Å². The first-order valence-corrected chi connectivity index (χ1v) is 8.61. The molecule has 0 spiro atoms. The number of aromatic nitrogens is 1. The highest BCUT2D eigenvalue weighted by Gasteiger charge is 2.09. The monoisotopic (exact) mass is 399 g/mol. The number of aromatic amines is 1. The quantitative estimate of drug-likeness (QED) is 0.501. The fourth-order valence-corrected chi connectivity index (χ4v) is 3.44. The Labute approximate surface area is 154 Å². The van der Waals surface area contributed by atoms with E-state index in [1.807, 2.05) is 56.4 Å². The first-order valence-electron chi connectivity index (χ1n) is 7.82. The van der Waals surface area contributed by atoms with Gasteiger partial charge in [-0.1, -0.05) is 18.2 Å². The maximum atomic E-state index is 11.9. The van der Waals surface area contributed by atoms with E-state index in [1.54, 1.807) is 6.21 Å². The van der Waals surface area contributed by atoms with E-state index in [9.17, 15) is 4.79 Å². The Morgan fingerprint density at radius 1 is 1.32 bits per heavy atom. The molecule has 2 aromatic carbocycles. The van der Waals surface area contributed by atoms with Crippen molar-refractivity contribution in [2.45, 2.75) is 13.8 Å². The van der Waals surface area contributed by atoms with E-state index in [2.05, 4.69) is 31.4 Å². The number of rotatable bonds is 5. The number of amides is 1. The van der Waals surface area contributed by atoms with Gasteiger partial charge in [0.2, 0.25) is 0 Å². The second-order valence-corrected chi connectivity index (χ2v) is 6.62. The third-order valence-corrected chi connectivity index (χ3v) is 4.33. The fraction of sp³-hybridized carbons (Fsp3) is 0.158. The topological polar surface area (TPSA) is 66.5 Å². The summed E-state index contributed by atoms with van der Waals surface area (Å²) in [7, 11) is 0. The molecule has 0 aliphatic carbocycles. The average Bonchev–Trinajstić information content (AvgIpc) is 3.03. The number of aryl methyl sites for hydroxylation is 2. The fourth-order valence-electron chi connectivity index (χ4n) is 2.65. The van der Waals surface area contributed by atoms with Crippen LogP contribution in [0.1, 0.15) is 16.7 Å². The molecule has 0 saturated heterocycles. The van der Waals surface area contributed by atoms with Crippen LogP contribution >= 0.6 is 15.9 Å². The average molecular weight is 400 g/mol. The molecule has 0 atom stereocenters. The van der Waals surface area contributed by atoms with Crippen LogP contribution in [0.25, 0.3) is 10.9 Å². The number of carbonyl (C=O) groups excluding carboxylic acids is 1. The van der Waals surface area contributed by atoms with Crippen molar-refractivity contribution in [1.82, 2.24) is 10.4 Å². The van der Waals surface area contributed by atoms with Crippen molar-refractivity contribution in [3.63, 3.8) is 0 Å². The van der Waals surface area contributed by atoms with Crippen molar-refractivity contribution in [3.05, 3.63) is 63.8 Å². The summed E-state index contributed by atoms with van der Waals surface area (Å²) in [4.78, 5) is 15.1. The van der Waals surface area contributed by atoms with Gasteiger partial charge in [0, 0.05) is 22.7 Å². The van der Waals surface area contributed by atoms with Crippen LogP contribution < -0.4 is 10.2 Å². The smallest absolute Gasteiger partial charge is 0.277 e. The summed E-state index contributed by atoms with van der Waals surface area (Å²) in [6.45, 7) is 3.85. The number of benzene rings is 2. The number of halogens is 1. The summed E-state index contributed by atoms with van der Waals surface area (Å²) < 4.78 is 6.44. The predicted octanol–water partition coefficient (Wildman–Crippen LogP) is 4.08. The zero-order chi connectivity index (χ0) is 17.8. The summed E-state index contributed by atoms with van der Waals surface area (Å²) in [5.74, 6) is 0.353. The Kier molecular flexibility index (Phi) is 5.19. The number of nitrogens with zero attached hydrogens (tertiary/aromatic N) is 1. The lowest BCUT2D eigenvalue weighted by Crippen LogP contribution is -2.24. The lowest BCUT2D eigenvalue weighted by atomic mass is 10.1. The number of hydrogen-bond acceptors (Lipinski definition) is 3. The van der Waals surface area contributed by atoms with E-state index in [0.717, 1.165) is 32.1 Å². The van der Waals surface area contributed by atoms with E-state index in [-0.39, 0.29) is 12.5 Å². The van der Waals surface area contributed by atoms with E-state index in [0.29, 0.717) is 5.75 Å². The Bertz CT molecular complexity index is 924. The molecule has 0 fully saturated rings. The molecule has 0 bridgehead atoms. The van der Waals surface area contributed by atoms with Crippen molar-refractivity contribution in [2.24, 2.45) is 5.10 Å². The minimum Gasteiger partial charge on any atom is -0.482 e. The van der Waals surface area contributed by atoms with Gasteiger partial charge in [-0.2, -0.15) is 5.10 Å². The zero-order valence-corrected chi connectivity index (χ0v) is 15.6. The minimum atomic E-state index is -0.315. The molecule has 0 aliphatic rings. The lowest BCUT2D eigenvalue weighted by molar-refractivity contribution is -0.123. The molecule has 0 saturated carbocycles. The van der Waals surface area contributed by atoms with E-state index < -0.39 is 0 Å². The first kappa shape index (κ1) is 17.2. The van der Waals surface area contributed by atoms with Crippen molar-refractivity contribution in [1.29, 1.82) is 0 Å². The SMILES string of the molecule is Cc1cc(C)c(OCC(=O)NN=Cc2cccc3[nH]ccc23)c(Br)c1. The van der Waals surface area contributed by atoms with Crippen molar-refractivity contribution < 1.29 is 9.53 Å². The third kappa shape index (κ3) is 4.09. The highest BCUT2D eigenvalue weighted by molar-refractivity contribution is 9.10. The molecule has 0 aliphatic heterocycles. The number of H-pyrrole nitrogens is 1. The Morgan fingerprint density at radius 3 is 2.96 bits per heavy atom. The second-order valence-electron chi connectivity index (χ2n) is 5.76. The molecule has 0 radical (unpaired) electrons. The van der Waals surface area contributed by atoms with Crippen molar-refractivity contribution >= 4 is 39.0 Å². The number of carbonyl (C=O) groups is 1. The third-order valence-electron chi connectivity index (χ3n) is 3.74. The molecule has 1 aromatic heterocycles. The molecule has 3 rings (SSSR count). The zero-order valence-electron chi connectivity index (χ0n) is 14.0. The molecule has 3 aromatic rings. The van der Waals surface area contributed by atoms with Crippen LogP contribution in [-0.4, -0.2) is 23.7 Å². The van der Waals surface area contributed by atoms with Crippen LogP contribution in [0, 0.1) is 13.8 Å². The van der Waals surface area contributed by atoms with E-state index in [1.165, 1.54) is 0 Å². The van der Waals surface area contributed by atoms with Gasteiger partial charge in [0.1, 0.15) is 5.75 Å². The molecule has 2 N–H and O–H groups in total. The summed E-state index contributed by atoms with van der Waals surface area (Å²) in [5.41, 5.74) is 6.55. The lowest BCUT2D eigenvalue weighted by Gasteiger charge is -2.11. The summed E-state index contributed by atoms with van der Waals surface area (Å²) in [6, 6.07) is 11.8. The van der Waals surface area contributed by atoms with Crippen LogP contribution in [0.15, 0.2) is 52.2 Å². The Hall–Kier alpha value is -2.60. The van der Waals surface area contributed by atoms with Crippen LogP contribution in [0.5, 0.6) is 5.75 Å². The van der Waals surface area contributed by atoms with Gasteiger partial charge < -0.3 is 9.72 Å². The molecule has 0 unspecified atom stereocenters. The van der Waals surface area contributed by atoms with Crippen LogP contribution in [0.3, 0.4) is 0 Å². The van der Waals surface area contributed by atoms with Gasteiger partial charge in [-0.05, 0) is 59.1 Å². The summed E-state index contributed by atoms with van der Waals surface area (Å²) >= 11 is 3.46. The normalized spacial score (nSPS) is 11.2. The maximum Gasteiger partial charge on any atom is 0.277 e. The molecular weight excluding hydrogens is 382 g/mol. The molecular formula is C19H18BrN3O2. The number of hydrogen-bond donors (Lipinski definition) is 2. The Morgan fingerprint density at radius 2 is 2.16 bits per heavy atom. The van der Waals surface area contributed by atoms with Crippen molar-refractivity contribution in [3.8, 4) is 5.75 Å². The van der Waals surface area contributed by atoms with Gasteiger partial charge in [-0.3, -0.25) is 4.79 Å². The Balaban J connectivity index is 1.59. The molecule has 5 nitrogen and oxygen atoms in total. The van der Waals surface area contributed by atoms with Gasteiger partial charge in [-0.15, -0.1) is 0 Å². The van der Waals surface area contributed by atoms with E-state index >= 15 is 0 Å². The van der Waals surface area contributed by atoms with Crippen LogP contribution in [0.2, 0.25) is 0 Å². The molecule has 6 heteroatoms.